The standard InChI is InChI=1S/C24H15F5N6O3/c25-16-8-12(9-17(26)19(16)13-4-1-2-5-14(13)21-31-33-34-32-21)10-35-20-15(22(36)37)6-3-7-18(20)30-23(35)38-11-24(27,28)29/h1-9H,10-11H2,(H,36,37)(H,31,32,33,34). The maximum Gasteiger partial charge on any atom is 0.422 e. The smallest absolute Gasteiger partial charge is 0.422 e. The van der Waals surface area contributed by atoms with E-state index < -0.39 is 42.9 Å². The molecule has 0 atom stereocenters. The number of hydrogen-bond acceptors (Lipinski definition) is 6. The molecule has 14 heteroatoms. The van der Waals surface area contributed by atoms with Crippen molar-refractivity contribution in [3.63, 3.8) is 0 Å². The van der Waals surface area contributed by atoms with Crippen LogP contribution in [-0.2, 0) is 6.54 Å². The number of halogens is 5. The zero-order valence-corrected chi connectivity index (χ0v) is 19.0. The first kappa shape index (κ1) is 24.8. The lowest BCUT2D eigenvalue weighted by molar-refractivity contribution is -0.155. The molecule has 38 heavy (non-hydrogen) atoms. The topological polar surface area (TPSA) is 119 Å². The quantitative estimate of drug-likeness (QED) is 0.289. The van der Waals surface area contributed by atoms with Crippen LogP contribution in [0.4, 0.5) is 22.0 Å². The summed E-state index contributed by atoms with van der Waals surface area (Å²) < 4.78 is 75.1. The van der Waals surface area contributed by atoms with Gasteiger partial charge in [-0.3, -0.25) is 4.57 Å². The second-order valence-corrected chi connectivity index (χ2v) is 8.08. The number of ether oxygens (including phenoxy) is 1. The van der Waals surface area contributed by atoms with E-state index in [4.69, 9.17) is 4.74 Å². The van der Waals surface area contributed by atoms with Crippen molar-refractivity contribution in [1.29, 1.82) is 0 Å². The molecule has 3 aromatic carbocycles. The third-order valence-corrected chi connectivity index (χ3v) is 5.55. The van der Waals surface area contributed by atoms with Crippen LogP contribution in [-0.4, -0.2) is 54.0 Å². The molecule has 0 aliphatic rings. The molecule has 0 saturated heterocycles. The fourth-order valence-electron chi connectivity index (χ4n) is 4.07. The summed E-state index contributed by atoms with van der Waals surface area (Å²) in [6.45, 7) is -2.14. The highest BCUT2D eigenvalue weighted by molar-refractivity contribution is 6.01. The SMILES string of the molecule is O=C(O)c1cccc2nc(OCC(F)(F)F)n(Cc3cc(F)c(-c4ccccc4-c4nn[nH]n4)c(F)c3)c12. The van der Waals surface area contributed by atoms with Crippen molar-refractivity contribution in [2.24, 2.45) is 0 Å². The van der Waals surface area contributed by atoms with Gasteiger partial charge >= 0.3 is 12.1 Å². The Morgan fingerprint density at radius 3 is 2.37 bits per heavy atom. The highest BCUT2D eigenvalue weighted by Crippen LogP contribution is 2.35. The minimum atomic E-state index is -4.70. The summed E-state index contributed by atoms with van der Waals surface area (Å²) in [6, 6.07) is 11.6. The summed E-state index contributed by atoms with van der Waals surface area (Å²) >= 11 is 0. The summed E-state index contributed by atoms with van der Waals surface area (Å²) in [5.74, 6) is -3.21. The van der Waals surface area contributed by atoms with Crippen molar-refractivity contribution < 1.29 is 36.6 Å². The van der Waals surface area contributed by atoms with E-state index in [1.54, 1.807) is 18.2 Å². The van der Waals surface area contributed by atoms with Crippen LogP contribution < -0.4 is 4.74 Å². The lowest BCUT2D eigenvalue weighted by Gasteiger charge is -2.14. The van der Waals surface area contributed by atoms with Crippen molar-refractivity contribution in [2.45, 2.75) is 12.7 Å². The Hall–Kier alpha value is -4.88. The van der Waals surface area contributed by atoms with Crippen LogP contribution in [0.5, 0.6) is 6.01 Å². The normalized spacial score (nSPS) is 11.7. The van der Waals surface area contributed by atoms with Gasteiger partial charge in [0.1, 0.15) is 11.6 Å². The van der Waals surface area contributed by atoms with Gasteiger partial charge in [0.05, 0.1) is 28.7 Å². The molecule has 5 rings (SSSR count). The number of H-pyrrole nitrogens is 1. The fourth-order valence-corrected chi connectivity index (χ4v) is 4.07. The van der Waals surface area contributed by atoms with Gasteiger partial charge in [-0.2, -0.15) is 23.4 Å². The van der Waals surface area contributed by atoms with E-state index in [9.17, 15) is 23.1 Å². The van der Waals surface area contributed by atoms with Gasteiger partial charge in [-0.05, 0) is 40.6 Å². The molecule has 2 aromatic heterocycles. The molecule has 0 unspecified atom stereocenters. The molecule has 0 fully saturated rings. The number of carboxylic acids is 1. The maximum atomic E-state index is 15.4. The number of hydrogen-bond donors (Lipinski definition) is 2. The Morgan fingerprint density at radius 1 is 1.03 bits per heavy atom. The molecule has 0 radical (unpaired) electrons. The fraction of sp³-hybridized carbons (Fsp3) is 0.125. The lowest BCUT2D eigenvalue weighted by atomic mass is 9.97. The number of aromatic amines is 1. The van der Waals surface area contributed by atoms with Gasteiger partial charge in [-0.1, -0.05) is 30.3 Å². The molecule has 2 heterocycles. The van der Waals surface area contributed by atoms with Crippen LogP contribution in [0.15, 0.2) is 54.6 Å². The number of para-hydroxylation sites is 1. The van der Waals surface area contributed by atoms with E-state index in [2.05, 4.69) is 25.6 Å². The minimum absolute atomic E-state index is 0.0165. The Labute approximate surface area is 209 Å². The Bertz CT molecular complexity index is 1630. The molecule has 2 N–H and O–H groups in total. The molecule has 0 aliphatic carbocycles. The number of imidazole rings is 1. The summed E-state index contributed by atoms with van der Waals surface area (Å²) in [4.78, 5) is 15.8. The minimum Gasteiger partial charge on any atom is -0.478 e. The summed E-state index contributed by atoms with van der Waals surface area (Å²) in [5.41, 5.74) is -0.254. The highest BCUT2D eigenvalue weighted by atomic mass is 19.4. The van der Waals surface area contributed by atoms with Crippen molar-refractivity contribution in [1.82, 2.24) is 30.2 Å². The van der Waals surface area contributed by atoms with E-state index >= 15 is 8.78 Å². The monoisotopic (exact) mass is 530 g/mol. The average molecular weight is 530 g/mol. The molecular formula is C24H15F5N6O3. The number of tetrazole rings is 1. The van der Waals surface area contributed by atoms with E-state index in [-0.39, 0.29) is 39.1 Å². The Balaban J connectivity index is 1.60. The summed E-state index contributed by atoms with van der Waals surface area (Å²) in [7, 11) is 0. The Kier molecular flexibility index (Phi) is 6.22. The number of rotatable bonds is 7. The van der Waals surface area contributed by atoms with Gasteiger partial charge in [0, 0.05) is 5.56 Å². The molecule has 0 bridgehead atoms. The molecule has 194 valence electrons. The first-order chi connectivity index (χ1) is 18.1. The van der Waals surface area contributed by atoms with Gasteiger partial charge in [-0.15, -0.1) is 10.2 Å². The summed E-state index contributed by atoms with van der Waals surface area (Å²) in [5, 5.41) is 23.0. The summed E-state index contributed by atoms with van der Waals surface area (Å²) in [6.07, 6.45) is -4.70. The van der Waals surface area contributed by atoms with Crippen molar-refractivity contribution in [3.05, 3.63) is 77.4 Å². The molecule has 0 aliphatic heterocycles. The molecule has 0 saturated carbocycles. The van der Waals surface area contributed by atoms with E-state index in [0.717, 1.165) is 16.7 Å². The largest absolute Gasteiger partial charge is 0.478 e. The Morgan fingerprint density at radius 2 is 1.74 bits per heavy atom. The molecule has 0 amide bonds. The van der Waals surface area contributed by atoms with E-state index in [1.165, 1.54) is 24.3 Å². The number of alkyl halides is 3. The second kappa shape index (κ2) is 9.53. The number of carboxylic acid groups (broad SMARTS) is 1. The van der Waals surface area contributed by atoms with Crippen molar-refractivity contribution in [2.75, 3.05) is 6.61 Å². The lowest BCUT2D eigenvalue weighted by Crippen LogP contribution is -2.21. The van der Waals surface area contributed by atoms with E-state index in [1.807, 2.05) is 0 Å². The molecule has 0 spiro atoms. The molecule has 9 nitrogen and oxygen atoms in total. The van der Waals surface area contributed by atoms with Crippen LogP contribution in [0.25, 0.3) is 33.5 Å². The second-order valence-electron chi connectivity index (χ2n) is 8.08. The number of nitrogens with one attached hydrogen (secondary N) is 1. The van der Waals surface area contributed by atoms with Crippen LogP contribution in [0.3, 0.4) is 0 Å². The van der Waals surface area contributed by atoms with Gasteiger partial charge < -0.3 is 9.84 Å². The first-order valence-corrected chi connectivity index (χ1v) is 10.9. The number of aromatic nitrogens is 6. The van der Waals surface area contributed by atoms with Gasteiger partial charge in [0.15, 0.2) is 6.61 Å². The zero-order valence-electron chi connectivity index (χ0n) is 19.0. The van der Waals surface area contributed by atoms with Crippen LogP contribution >= 0.6 is 0 Å². The van der Waals surface area contributed by atoms with Crippen molar-refractivity contribution in [3.8, 4) is 28.5 Å². The van der Waals surface area contributed by atoms with E-state index in [0.29, 0.717) is 5.56 Å². The third-order valence-electron chi connectivity index (χ3n) is 5.55. The average Bonchev–Trinajstić information content (AvgIpc) is 3.51. The first-order valence-electron chi connectivity index (χ1n) is 10.9. The zero-order chi connectivity index (χ0) is 27.0. The van der Waals surface area contributed by atoms with Gasteiger partial charge in [-0.25, -0.2) is 13.6 Å². The number of benzene rings is 3. The predicted molar refractivity (Wildman–Crippen MR) is 122 cm³/mol. The van der Waals surface area contributed by atoms with Crippen LogP contribution in [0.1, 0.15) is 15.9 Å². The van der Waals surface area contributed by atoms with Crippen LogP contribution in [0, 0.1) is 11.6 Å². The molecule has 5 aromatic rings. The number of aromatic carboxylic acids is 1. The van der Waals surface area contributed by atoms with Crippen LogP contribution in [0.2, 0.25) is 0 Å². The van der Waals surface area contributed by atoms with Crippen molar-refractivity contribution >= 4 is 17.0 Å². The maximum absolute atomic E-state index is 15.4. The highest BCUT2D eigenvalue weighted by Gasteiger charge is 2.30. The van der Waals surface area contributed by atoms with Gasteiger partial charge in [0.2, 0.25) is 5.82 Å². The third kappa shape index (κ3) is 4.75. The molecular weight excluding hydrogens is 515 g/mol. The predicted octanol–water partition coefficient (Wildman–Crippen LogP) is 4.85. The number of nitrogens with zero attached hydrogens (tertiary/aromatic N) is 5. The van der Waals surface area contributed by atoms with Gasteiger partial charge in [0.25, 0.3) is 6.01 Å². The number of fused-ring (bicyclic) bond motifs is 1. The number of carbonyl (C=O) groups is 1.